The lowest BCUT2D eigenvalue weighted by Crippen LogP contribution is -2.44. The van der Waals surface area contributed by atoms with E-state index in [9.17, 15) is 0 Å². The Kier molecular flexibility index (Phi) is 5.48. The minimum Gasteiger partial charge on any atom is -0.211 e. The summed E-state index contributed by atoms with van der Waals surface area (Å²) in [4.78, 5) is 15.9. The molecule has 0 atom stereocenters. The molecule has 44 heavy (non-hydrogen) atoms. The van der Waals surface area contributed by atoms with E-state index in [1.54, 1.807) is 0 Å². The van der Waals surface area contributed by atoms with Crippen molar-refractivity contribution in [1.29, 1.82) is 0 Å². The van der Waals surface area contributed by atoms with E-state index in [1.165, 1.54) is 44.5 Å². The molecule has 0 fully saturated rings. The minimum absolute atomic E-state index is 0.146. The zero-order valence-corrected chi connectivity index (χ0v) is 23.9. The molecule has 3 aliphatic carbocycles. The maximum Gasteiger partial charge on any atom is 0.163 e. The van der Waals surface area contributed by atoms with Crippen LogP contribution in [-0.2, 0) is 5.41 Å². The molecule has 206 valence electrons. The maximum absolute atomic E-state index is 5.40. The van der Waals surface area contributed by atoms with Crippen molar-refractivity contribution in [2.75, 3.05) is 0 Å². The van der Waals surface area contributed by atoms with Gasteiger partial charge in [0, 0.05) is 17.0 Å². The van der Waals surface area contributed by atoms with Crippen LogP contribution in [0.15, 0.2) is 158 Å². The van der Waals surface area contributed by atoms with Crippen LogP contribution in [-0.4, -0.2) is 15.0 Å². The van der Waals surface area contributed by atoms with Crippen molar-refractivity contribution >= 4 is 0 Å². The van der Waals surface area contributed by atoms with Crippen LogP contribution in [0.5, 0.6) is 0 Å². The van der Waals surface area contributed by atoms with Gasteiger partial charge < -0.3 is 0 Å². The van der Waals surface area contributed by atoms with Crippen molar-refractivity contribution < 1.29 is 0 Å². The van der Waals surface area contributed by atoms with Gasteiger partial charge >= 0.3 is 0 Å². The quantitative estimate of drug-likeness (QED) is 0.215. The lowest BCUT2D eigenvalue weighted by Gasteiger charge is -2.50. The smallest absolute Gasteiger partial charge is 0.163 e. The molecule has 7 aromatic rings. The third-order valence-electron chi connectivity index (χ3n) is 9.26. The Labute approximate surface area is 256 Å². The Bertz CT molecular complexity index is 2070. The molecule has 0 aliphatic heterocycles. The topological polar surface area (TPSA) is 38.7 Å². The van der Waals surface area contributed by atoms with E-state index in [4.69, 9.17) is 15.0 Å². The lowest BCUT2D eigenvalue weighted by atomic mass is 9.52. The Morgan fingerprint density at radius 1 is 0.364 bits per heavy atom. The Morgan fingerprint density at radius 3 is 1.36 bits per heavy atom. The van der Waals surface area contributed by atoms with Crippen LogP contribution in [0.4, 0.5) is 0 Å². The number of benzene rings is 6. The van der Waals surface area contributed by atoms with Crippen molar-refractivity contribution in [1.82, 2.24) is 15.0 Å². The van der Waals surface area contributed by atoms with E-state index < -0.39 is 5.41 Å². The van der Waals surface area contributed by atoms with Crippen LogP contribution in [0.25, 0.3) is 33.9 Å². The maximum atomic E-state index is 5.40. The summed E-state index contributed by atoms with van der Waals surface area (Å²) in [7, 11) is 0. The summed E-state index contributed by atoms with van der Waals surface area (Å²) in [5.74, 6) is 2.24. The number of rotatable bonds is 4. The first kappa shape index (κ1) is 24.9. The minimum atomic E-state index is -0.724. The Morgan fingerprint density at radius 2 is 0.818 bits per heavy atom. The Hall–Kier alpha value is -5.67. The number of hydrogen-bond donors (Lipinski definition) is 0. The van der Waals surface area contributed by atoms with Gasteiger partial charge in [0.05, 0.1) is 0 Å². The molecule has 0 spiro atoms. The first-order valence-electron chi connectivity index (χ1n) is 15.1. The molecule has 6 aromatic carbocycles. The molecule has 3 aliphatic rings. The van der Waals surface area contributed by atoms with Crippen molar-refractivity contribution in [2.24, 2.45) is 0 Å². The summed E-state index contributed by atoms with van der Waals surface area (Å²) in [6, 6.07) is 55.9. The van der Waals surface area contributed by atoms with Gasteiger partial charge in [-0.3, -0.25) is 0 Å². The zero-order valence-electron chi connectivity index (χ0n) is 23.9. The van der Waals surface area contributed by atoms with Gasteiger partial charge in [0.15, 0.2) is 17.5 Å². The van der Waals surface area contributed by atoms with Crippen molar-refractivity contribution in [3.8, 4) is 33.9 Å². The largest absolute Gasteiger partial charge is 0.211 e. The van der Waals surface area contributed by atoms with Gasteiger partial charge in [-0.1, -0.05) is 152 Å². The molecule has 0 radical (unpaired) electrons. The van der Waals surface area contributed by atoms with E-state index in [0.29, 0.717) is 11.6 Å². The predicted octanol–water partition coefficient (Wildman–Crippen LogP) is 9.06. The Balaban J connectivity index is 1.43. The molecule has 0 unspecified atom stereocenters. The van der Waals surface area contributed by atoms with Crippen LogP contribution in [0.1, 0.15) is 45.1 Å². The average molecular weight is 562 g/mol. The highest BCUT2D eigenvalue weighted by atomic mass is 15.0. The fourth-order valence-electron chi connectivity index (χ4n) is 7.40. The lowest BCUT2D eigenvalue weighted by molar-refractivity contribution is 0.592. The van der Waals surface area contributed by atoms with E-state index in [0.717, 1.165) is 17.0 Å². The first-order chi connectivity index (χ1) is 21.8. The van der Waals surface area contributed by atoms with Crippen LogP contribution in [0.2, 0.25) is 0 Å². The van der Waals surface area contributed by atoms with Gasteiger partial charge in [-0.2, -0.15) is 0 Å². The normalized spacial score (nSPS) is 17.4. The molecule has 3 heteroatoms. The predicted molar refractivity (Wildman–Crippen MR) is 175 cm³/mol. The molecular formula is C41H27N3. The third-order valence-corrected chi connectivity index (χ3v) is 9.26. The van der Waals surface area contributed by atoms with Gasteiger partial charge in [0.2, 0.25) is 0 Å². The summed E-state index contributed by atoms with van der Waals surface area (Å²) in [6.45, 7) is 0. The SMILES string of the molecule is c1ccc(-c2ccc3c(c2)C2(c4nc(-c5ccccc5)nc(-c5ccccc5)n4)c4ccccc4C3c3ccccc32)cc1. The molecule has 1 heterocycles. The van der Waals surface area contributed by atoms with Crippen molar-refractivity contribution in [3.63, 3.8) is 0 Å². The van der Waals surface area contributed by atoms with E-state index in [-0.39, 0.29) is 5.92 Å². The summed E-state index contributed by atoms with van der Waals surface area (Å²) in [5.41, 5.74) is 11.3. The van der Waals surface area contributed by atoms with E-state index in [1.807, 2.05) is 36.4 Å². The van der Waals surface area contributed by atoms with Crippen LogP contribution >= 0.6 is 0 Å². The fourth-order valence-corrected chi connectivity index (χ4v) is 7.40. The molecule has 0 saturated heterocycles. The monoisotopic (exact) mass is 561 g/mol. The highest BCUT2D eigenvalue weighted by Gasteiger charge is 2.54. The van der Waals surface area contributed by atoms with E-state index >= 15 is 0 Å². The number of nitrogens with zero attached hydrogens (tertiary/aromatic N) is 3. The summed E-state index contributed by atoms with van der Waals surface area (Å²) < 4.78 is 0. The summed E-state index contributed by atoms with van der Waals surface area (Å²) in [5, 5.41) is 0. The second kappa shape index (κ2) is 9.68. The second-order valence-electron chi connectivity index (χ2n) is 11.6. The highest BCUT2D eigenvalue weighted by Crippen LogP contribution is 2.61. The molecule has 3 nitrogen and oxygen atoms in total. The molecule has 0 amide bonds. The van der Waals surface area contributed by atoms with Crippen LogP contribution in [0, 0.1) is 0 Å². The molecule has 10 rings (SSSR count). The number of aromatic nitrogens is 3. The molecule has 1 aromatic heterocycles. The van der Waals surface area contributed by atoms with Crippen molar-refractivity contribution in [2.45, 2.75) is 11.3 Å². The zero-order chi connectivity index (χ0) is 29.1. The standard InChI is InChI=1S/C41H27N3/c1-4-14-27(15-5-1)30-24-25-33-36(26-30)41(34-22-12-10-20-31(34)37(33)32-21-11-13-23-35(32)41)40-43-38(28-16-6-2-7-17-28)42-39(44-40)29-18-8-3-9-19-29/h1-26,37H. The van der Waals surface area contributed by atoms with Gasteiger partial charge in [0.25, 0.3) is 0 Å². The van der Waals surface area contributed by atoms with Gasteiger partial charge in [0.1, 0.15) is 5.41 Å². The fraction of sp³-hybridized carbons (Fsp3) is 0.0488. The highest BCUT2D eigenvalue weighted by molar-refractivity contribution is 5.78. The molecule has 2 bridgehead atoms. The van der Waals surface area contributed by atoms with Gasteiger partial charge in [-0.25, -0.2) is 15.0 Å². The average Bonchev–Trinajstić information content (AvgIpc) is 3.12. The molecule has 0 saturated carbocycles. The molecular weight excluding hydrogens is 534 g/mol. The first-order valence-corrected chi connectivity index (χ1v) is 15.1. The molecule has 0 N–H and O–H groups in total. The van der Waals surface area contributed by atoms with E-state index in [2.05, 4.69) is 121 Å². The summed E-state index contributed by atoms with van der Waals surface area (Å²) in [6.07, 6.45) is 0. The summed E-state index contributed by atoms with van der Waals surface area (Å²) >= 11 is 0. The van der Waals surface area contributed by atoms with Crippen LogP contribution < -0.4 is 0 Å². The number of hydrogen-bond acceptors (Lipinski definition) is 3. The van der Waals surface area contributed by atoms with Gasteiger partial charge in [-0.15, -0.1) is 0 Å². The van der Waals surface area contributed by atoms with Gasteiger partial charge in [-0.05, 0) is 50.6 Å². The van der Waals surface area contributed by atoms with Crippen LogP contribution in [0.3, 0.4) is 0 Å². The van der Waals surface area contributed by atoms with Crippen molar-refractivity contribution in [3.05, 3.63) is 197 Å². The second-order valence-corrected chi connectivity index (χ2v) is 11.6. The third kappa shape index (κ3) is 3.53.